The Morgan fingerprint density at radius 2 is 1.87 bits per heavy atom. The van der Waals surface area contributed by atoms with Gasteiger partial charge in [0.1, 0.15) is 0 Å². The van der Waals surface area contributed by atoms with Crippen molar-refractivity contribution in [1.82, 2.24) is 14.9 Å². The maximum atomic E-state index is 13.9. The number of fused-ring (bicyclic) bond motifs is 2. The van der Waals surface area contributed by atoms with Crippen molar-refractivity contribution >= 4 is 23.2 Å². The van der Waals surface area contributed by atoms with E-state index in [-0.39, 0.29) is 16.6 Å². The zero-order valence-electron chi connectivity index (χ0n) is 21.9. The van der Waals surface area contributed by atoms with Crippen molar-refractivity contribution in [3.05, 3.63) is 70.5 Å². The van der Waals surface area contributed by atoms with Crippen LogP contribution in [0, 0.1) is 0 Å². The van der Waals surface area contributed by atoms with E-state index in [1.165, 1.54) is 12.1 Å². The lowest BCUT2D eigenvalue weighted by Crippen LogP contribution is -2.56. The number of carbonyl (C=O) groups is 1. The Morgan fingerprint density at radius 3 is 2.56 bits per heavy atom. The molecule has 1 amide bonds. The van der Waals surface area contributed by atoms with Crippen LogP contribution in [0.2, 0.25) is 5.02 Å². The minimum absolute atomic E-state index is 0.0228. The fraction of sp³-hybridized carbons (Fsp3) is 0.414. The summed E-state index contributed by atoms with van der Waals surface area (Å²) in [5.41, 5.74) is 1.63. The van der Waals surface area contributed by atoms with Crippen LogP contribution in [-0.4, -0.2) is 47.0 Å². The van der Waals surface area contributed by atoms with Gasteiger partial charge in [-0.2, -0.15) is 13.2 Å². The Morgan fingerprint density at radius 1 is 1.10 bits per heavy atom. The number of aromatic nitrogens is 2. The predicted molar refractivity (Wildman–Crippen MR) is 144 cm³/mol. The molecule has 0 aliphatic carbocycles. The molecule has 0 unspecified atom stereocenters. The van der Waals surface area contributed by atoms with Crippen molar-refractivity contribution in [1.29, 1.82) is 0 Å². The fourth-order valence-electron chi connectivity index (χ4n) is 5.79. The Kier molecular flexibility index (Phi) is 7.46. The average molecular weight is 559 g/mol. The van der Waals surface area contributed by atoms with E-state index in [4.69, 9.17) is 21.3 Å². The summed E-state index contributed by atoms with van der Waals surface area (Å²) in [6.07, 6.45) is -1.30. The summed E-state index contributed by atoms with van der Waals surface area (Å²) in [5.74, 6) is 0.519. The van der Waals surface area contributed by atoms with Gasteiger partial charge in [-0.25, -0.2) is 4.98 Å². The second-order valence-corrected chi connectivity index (χ2v) is 10.4. The van der Waals surface area contributed by atoms with Gasteiger partial charge in [0, 0.05) is 36.5 Å². The first-order valence-electron chi connectivity index (χ1n) is 13.2. The Bertz CT molecular complexity index is 1370. The second-order valence-electron chi connectivity index (χ2n) is 9.93. The number of ether oxygens (including phenoxy) is 1. The number of hydrogen-bond acceptors (Lipinski definition) is 5. The van der Waals surface area contributed by atoms with E-state index in [0.29, 0.717) is 57.2 Å². The van der Waals surface area contributed by atoms with Crippen LogP contribution < -0.4 is 9.64 Å². The van der Waals surface area contributed by atoms with Crippen LogP contribution in [0.1, 0.15) is 49.9 Å². The minimum atomic E-state index is -4.53. The number of alkyl halides is 3. The third kappa shape index (κ3) is 5.04. The van der Waals surface area contributed by atoms with Crippen LogP contribution in [0.25, 0.3) is 11.3 Å². The molecule has 0 bridgehead atoms. The van der Waals surface area contributed by atoms with Crippen LogP contribution in [0.5, 0.6) is 5.88 Å². The maximum Gasteiger partial charge on any atom is 0.418 e. The Hall–Kier alpha value is -3.33. The molecular weight excluding hydrogens is 529 g/mol. The van der Waals surface area contributed by atoms with Gasteiger partial charge in [-0.3, -0.25) is 9.78 Å². The van der Waals surface area contributed by atoms with Crippen molar-refractivity contribution in [2.24, 2.45) is 0 Å². The molecule has 6 nitrogen and oxygen atoms in total. The molecule has 206 valence electrons. The normalized spacial score (nSPS) is 16.9. The Labute approximate surface area is 230 Å². The molecule has 2 aliphatic heterocycles. The van der Waals surface area contributed by atoms with Gasteiger partial charge in [0.25, 0.3) is 0 Å². The summed E-state index contributed by atoms with van der Waals surface area (Å²) in [6.45, 7) is 5.96. The zero-order chi connectivity index (χ0) is 27.8. The summed E-state index contributed by atoms with van der Waals surface area (Å²) < 4.78 is 47.1. The van der Waals surface area contributed by atoms with Gasteiger partial charge < -0.3 is 14.5 Å². The predicted octanol–water partition coefficient (Wildman–Crippen LogP) is 6.50. The number of carbonyl (C=O) groups excluding carboxylic acids is 1. The summed E-state index contributed by atoms with van der Waals surface area (Å²) in [6, 6.07) is 11.4. The van der Waals surface area contributed by atoms with Gasteiger partial charge in [-0.1, -0.05) is 24.6 Å². The molecule has 1 fully saturated rings. The van der Waals surface area contributed by atoms with Gasteiger partial charge in [-0.15, -0.1) is 0 Å². The molecule has 5 rings (SSSR count). The number of anilines is 1. The maximum absolute atomic E-state index is 13.9. The Balaban J connectivity index is 1.51. The highest BCUT2D eigenvalue weighted by Crippen LogP contribution is 2.46. The van der Waals surface area contributed by atoms with Crippen LogP contribution in [-0.2, 0) is 22.9 Å². The number of nitrogens with zero attached hydrogens (tertiary/aromatic N) is 4. The van der Waals surface area contributed by atoms with E-state index in [1.54, 1.807) is 11.1 Å². The summed E-state index contributed by atoms with van der Waals surface area (Å²) >= 11 is 5.90. The van der Waals surface area contributed by atoms with Gasteiger partial charge in [0.2, 0.25) is 11.8 Å². The van der Waals surface area contributed by atoms with E-state index in [1.807, 2.05) is 43.0 Å². The van der Waals surface area contributed by atoms with Gasteiger partial charge in [0.05, 0.1) is 41.1 Å². The molecule has 39 heavy (non-hydrogen) atoms. The van der Waals surface area contributed by atoms with Crippen LogP contribution >= 0.6 is 11.6 Å². The minimum Gasteiger partial charge on any atom is -0.477 e. The molecule has 0 atom stereocenters. The van der Waals surface area contributed by atoms with Crippen molar-refractivity contribution in [2.75, 3.05) is 31.1 Å². The van der Waals surface area contributed by atoms with Crippen molar-refractivity contribution in [3.63, 3.8) is 0 Å². The highest BCUT2D eigenvalue weighted by atomic mass is 35.5. The number of halogens is 4. The molecule has 2 aromatic heterocycles. The quantitative estimate of drug-likeness (QED) is 0.345. The molecule has 0 saturated carbocycles. The summed E-state index contributed by atoms with van der Waals surface area (Å²) in [7, 11) is 0. The number of hydrogen-bond donors (Lipinski definition) is 0. The van der Waals surface area contributed by atoms with E-state index >= 15 is 0 Å². The summed E-state index contributed by atoms with van der Waals surface area (Å²) in [5, 5.41) is 0.0362. The number of rotatable bonds is 6. The van der Waals surface area contributed by atoms with Gasteiger partial charge >= 0.3 is 6.18 Å². The number of pyridine rings is 2. The van der Waals surface area contributed by atoms with Crippen molar-refractivity contribution < 1.29 is 22.7 Å². The fourth-order valence-corrected chi connectivity index (χ4v) is 5.96. The van der Waals surface area contributed by atoms with E-state index in [2.05, 4.69) is 4.98 Å². The molecule has 0 radical (unpaired) electrons. The molecule has 2 aliphatic rings. The highest BCUT2D eigenvalue weighted by Gasteiger charge is 2.50. The van der Waals surface area contributed by atoms with E-state index < -0.39 is 17.2 Å². The standard InChI is InChI=1S/C29H30ClF3N4O2/c1-3-14-37-18-24-21(8-9-23(35-24)20-6-5-13-34-26(20)39-4-2)28(27(37)38)11-15-36(16-12-28)25-10-7-19(30)17-22(25)29(31,32)33/h5-10,13,17H,3-4,11-12,14-16,18H2,1-2H3. The lowest BCUT2D eigenvalue weighted by Gasteiger charge is -2.47. The monoisotopic (exact) mass is 558 g/mol. The number of amides is 1. The first kappa shape index (κ1) is 27.2. The molecule has 10 heteroatoms. The summed E-state index contributed by atoms with van der Waals surface area (Å²) in [4.78, 5) is 26.8. The average Bonchev–Trinajstić information content (AvgIpc) is 2.92. The molecule has 1 aromatic carbocycles. The number of piperidine rings is 1. The van der Waals surface area contributed by atoms with Crippen molar-refractivity contribution in [3.8, 4) is 17.1 Å². The third-order valence-electron chi connectivity index (χ3n) is 7.57. The molecular formula is C29H30ClF3N4O2. The first-order valence-corrected chi connectivity index (χ1v) is 13.6. The van der Waals surface area contributed by atoms with E-state index in [9.17, 15) is 18.0 Å². The zero-order valence-corrected chi connectivity index (χ0v) is 22.6. The van der Waals surface area contributed by atoms with Crippen LogP contribution in [0.3, 0.4) is 0 Å². The van der Waals surface area contributed by atoms with Gasteiger partial charge in [0.15, 0.2) is 0 Å². The first-order chi connectivity index (χ1) is 18.7. The topological polar surface area (TPSA) is 58.6 Å². The lowest BCUT2D eigenvalue weighted by molar-refractivity contribution is -0.141. The molecule has 4 heterocycles. The number of benzene rings is 1. The molecule has 1 saturated heterocycles. The second kappa shape index (κ2) is 10.7. The van der Waals surface area contributed by atoms with Crippen LogP contribution in [0.15, 0.2) is 48.7 Å². The molecule has 3 aromatic rings. The van der Waals surface area contributed by atoms with Crippen LogP contribution in [0.4, 0.5) is 18.9 Å². The van der Waals surface area contributed by atoms with Crippen molar-refractivity contribution in [2.45, 2.75) is 51.2 Å². The lowest BCUT2D eigenvalue weighted by atomic mass is 9.69. The highest BCUT2D eigenvalue weighted by molar-refractivity contribution is 6.30. The smallest absolute Gasteiger partial charge is 0.418 e. The molecule has 0 N–H and O–H groups in total. The third-order valence-corrected chi connectivity index (χ3v) is 7.81. The largest absolute Gasteiger partial charge is 0.477 e. The molecule has 1 spiro atoms. The van der Waals surface area contributed by atoms with E-state index in [0.717, 1.165) is 29.3 Å². The SMILES string of the molecule is CCCN1Cc2nc(-c3cccnc3OCC)ccc2C2(CCN(c3ccc(Cl)cc3C(F)(F)F)CC2)C1=O. The van der Waals surface area contributed by atoms with Gasteiger partial charge in [-0.05, 0) is 68.1 Å².